The average molecular weight is 349 g/mol. The Morgan fingerprint density at radius 2 is 2.25 bits per heavy atom. The van der Waals surface area contributed by atoms with Gasteiger partial charge in [-0.25, -0.2) is 0 Å². The van der Waals surface area contributed by atoms with Gasteiger partial charge in [0.1, 0.15) is 0 Å². The van der Waals surface area contributed by atoms with Crippen molar-refractivity contribution in [1.29, 1.82) is 0 Å². The van der Waals surface area contributed by atoms with E-state index < -0.39 is 0 Å². The van der Waals surface area contributed by atoms with Crippen molar-refractivity contribution < 1.29 is 9.53 Å². The second-order valence-electron chi connectivity index (χ2n) is 7.89. The number of amides is 1. The molecule has 3 atom stereocenters. The lowest BCUT2D eigenvalue weighted by Crippen LogP contribution is -2.38. The molecule has 1 aliphatic carbocycles. The SMILES string of the molecule is Cc1ccsc1CN1C[C@@H]2COC[C@@H](CC(=O)NCC3CC3)[C@@H]2C1. The maximum atomic E-state index is 12.2. The molecule has 132 valence electrons. The summed E-state index contributed by atoms with van der Waals surface area (Å²) in [5, 5.41) is 5.30. The number of nitrogens with zero attached hydrogens (tertiary/aromatic N) is 1. The summed E-state index contributed by atoms with van der Waals surface area (Å²) in [6.45, 7) is 7.98. The summed E-state index contributed by atoms with van der Waals surface area (Å²) in [6, 6.07) is 2.21. The van der Waals surface area contributed by atoms with E-state index in [4.69, 9.17) is 4.74 Å². The molecule has 0 bridgehead atoms. The molecule has 0 radical (unpaired) electrons. The summed E-state index contributed by atoms with van der Waals surface area (Å²) >= 11 is 1.86. The third-order valence-corrected chi connectivity index (χ3v) is 6.91. The topological polar surface area (TPSA) is 41.6 Å². The summed E-state index contributed by atoms with van der Waals surface area (Å²) < 4.78 is 5.84. The molecule has 0 aromatic carbocycles. The highest BCUT2D eigenvalue weighted by molar-refractivity contribution is 7.10. The molecule has 3 aliphatic rings. The van der Waals surface area contributed by atoms with Gasteiger partial charge < -0.3 is 10.1 Å². The number of carbonyl (C=O) groups is 1. The standard InChI is InChI=1S/C19H28N2O2S/c1-13-4-5-24-18(13)10-21-8-16-12-23-11-15(17(16)9-21)6-19(22)20-7-14-2-3-14/h4-5,14-17H,2-3,6-12H2,1H3,(H,20,22)/t15-,16-,17+/m1/s1. The third kappa shape index (κ3) is 3.84. The molecule has 3 fully saturated rings. The largest absolute Gasteiger partial charge is 0.381 e. The van der Waals surface area contributed by atoms with Gasteiger partial charge in [-0.2, -0.15) is 0 Å². The lowest BCUT2D eigenvalue weighted by atomic mass is 9.81. The van der Waals surface area contributed by atoms with E-state index in [-0.39, 0.29) is 5.91 Å². The van der Waals surface area contributed by atoms with Crippen molar-refractivity contribution in [1.82, 2.24) is 10.2 Å². The number of thiophene rings is 1. The zero-order chi connectivity index (χ0) is 16.5. The minimum absolute atomic E-state index is 0.226. The van der Waals surface area contributed by atoms with Crippen LogP contribution in [0.3, 0.4) is 0 Å². The van der Waals surface area contributed by atoms with Crippen molar-refractivity contribution in [2.24, 2.45) is 23.7 Å². The number of fused-ring (bicyclic) bond motifs is 1. The molecule has 0 spiro atoms. The lowest BCUT2D eigenvalue weighted by molar-refractivity contribution is -0.124. The van der Waals surface area contributed by atoms with E-state index in [2.05, 4.69) is 28.6 Å². The molecule has 4 nitrogen and oxygen atoms in total. The average Bonchev–Trinajstić information content (AvgIpc) is 3.17. The van der Waals surface area contributed by atoms with Crippen LogP contribution < -0.4 is 5.32 Å². The van der Waals surface area contributed by atoms with Crippen molar-refractivity contribution in [3.63, 3.8) is 0 Å². The van der Waals surface area contributed by atoms with Crippen LogP contribution in [0.25, 0.3) is 0 Å². The summed E-state index contributed by atoms with van der Waals surface area (Å²) in [6.07, 6.45) is 3.21. The minimum Gasteiger partial charge on any atom is -0.381 e. The van der Waals surface area contributed by atoms with Crippen molar-refractivity contribution in [3.8, 4) is 0 Å². The van der Waals surface area contributed by atoms with Crippen LogP contribution in [0.1, 0.15) is 29.7 Å². The van der Waals surface area contributed by atoms with Crippen LogP contribution in [0.5, 0.6) is 0 Å². The number of hydrogen-bond acceptors (Lipinski definition) is 4. The Bertz CT molecular complexity index is 584. The molecule has 0 unspecified atom stereocenters. The number of aryl methyl sites for hydroxylation is 1. The predicted octanol–water partition coefficient (Wildman–Crippen LogP) is 2.67. The first-order chi connectivity index (χ1) is 11.7. The zero-order valence-corrected chi connectivity index (χ0v) is 15.3. The number of ether oxygens (including phenoxy) is 1. The Labute approximate surface area is 148 Å². The Morgan fingerprint density at radius 1 is 1.38 bits per heavy atom. The van der Waals surface area contributed by atoms with Gasteiger partial charge in [0.2, 0.25) is 5.91 Å². The first kappa shape index (κ1) is 16.6. The Morgan fingerprint density at radius 3 is 3.00 bits per heavy atom. The number of nitrogens with one attached hydrogen (secondary N) is 1. The van der Waals surface area contributed by atoms with Gasteiger partial charge >= 0.3 is 0 Å². The Kier molecular flexibility index (Phi) is 4.93. The fraction of sp³-hybridized carbons (Fsp3) is 0.737. The highest BCUT2D eigenvalue weighted by Crippen LogP contribution is 2.37. The van der Waals surface area contributed by atoms with E-state index in [0.29, 0.717) is 24.2 Å². The number of carbonyl (C=O) groups excluding carboxylic acids is 1. The van der Waals surface area contributed by atoms with Crippen molar-refractivity contribution in [3.05, 3.63) is 21.9 Å². The van der Waals surface area contributed by atoms with Crippen LogP contribution in [0.15, 0.2) is 11.4 Å². The molecular weight excluding hydrogens is 320 g/mol. The van der Waals surface area contributed by atoms with E-state index in [1.165, 1.54) is 23.3 Å². The molecule has 1 saturated carbocycles. The summed E-state index contributed by atoms with van der Waals surface area (Å²) in [5.41, 5.74) is 1.40. The van der Waals surface area contributed by atoms with E-state index in [1.807, 2.05) is 11.3 Å². The molecule has 1 amide bonds. The van der Waals surface area contributed by atoms with Crippen molar-refractivity contribution in [2.75, 3.05) is 32.8 Å². The van der Waals surface area contributed by atoms with Crippen LogP contribution >= 0.6 is 11.3 Å². The second-order valence-corrected chi connectivity index (χ2v) is 8.89. The summed E-state index contributed by atoms with van der Waals surface area (Å²) in [5.74, 6) is 2.58. The molecule has 2 saturated heterocycles. The number of rotatable bonds is 6. The van der Waals surface area contributed by atoms with Crippen molar-refractivity contribution >= 4 is 17.2 Å². The minimum atomic E-state index is 0.226. The van der Waals surface area contributed by atoms with Crippen LogP contribution in [-0.4, -0.2) is 43.7 Å². The van der Waals surface area contributed by atoms with Crippen LogP contribution in [-0.2, 0) is 16.1 Å². The lowest BCUT2D eigenvalue weighted by Gasteiger charge is -2.32. The fourth-order valence-corrected chi connectivity index (χ4v) is 5.14. The van der Waals surface area contributed by atoms with E-state index in [0.717, 1.165) is 45.3 Å². The molecular formula is C19H28N2O2S. The van der Waals surface area contributed by atoms with Crippen LogP contribution in [0, 0.1) is 30.6 Å². The molecule has 1 aromatic heterocycles. The molecule has 1 N–H and O–H groups in total. The van der Waals surface area contributed by atoms with Gasteiger partial charge in [0.05, 0.1) is 13.2 Å². The maximum absolute atomic E-state index is 12.2. The molecule has 3 heterocycles. The smallest absolute Gasteiger partial charge is 0.220 e. The Balaban J connectivity index is 1.32. The highest BCUT2D eigenvalue weighted by atomic mass is 32.1. The molecule has 2 aliphatic heterocycles. The van der Waals surface area contributed by atoms with E-state index in [9.17, 15) is 4.79 Å². The van der Waals surface area contributed by atoms with Gasteiger partial charge in [0, 0.05) is 37.5 Å². The number of hydrogen-bond donors (Lipinski definition) is 1. The van der Waals surface area contributed by atoms with Crippen LogP contribution in [0.4, 0.5) is 0 Å². The van der Waals surface area contributed by atoms with Crippen LogP contribution in [0.2, 0.25) is 0 Å². The van der Waals surface area contributed by atoms with Gasteiger partial charge in [-0.15, -0.1) is 11.3 Å². The van der Waals surface area contributed by atoms with Gasteiger partial charge in [-0.05, 0) is 60.4 Å². The molecule has 5 heteroatoms. The van der Waals surface area contributed by atoms with E-state index in [1.54, 1.807) is 0 Å². The van der Waals surface area contributed by atoms with Gasteiger partial charge in [0.15, 0.2) is 0 Å². The zero-order valence-electron chi connectivity index (χ0n) is 14.5. The predicted molar refractivity (Wildman–Crippen MR) is 96.0 cm³/mol. The van der Waals surface area contributed by atoms with Gasteiger partial charge in [0.25, 0.3) is 0 Å². The van der Waals surface area contributed by atoms with Gasteiger partial charge in [-0.1, -0.05) is 0 Å². The first-order valence-electron chi connectivity index (χ1n) is 9.29. The first-order valence-corrected chi connectivity index (χ1v) is 10.2. The summed E-state index contributed by atoms with van der Waals surface area (Å²) in [7, 11) is 0. The van der Waals surface area contributed by atoms with Crippen molar-refractivity contribution in [2.45, 2.75) is 32.7 Å². The number of likely N-dealkylation sites (tertiary alicyclic amines) is 1. The third-order valence-electron chi connectivity index (χ3n) is 5.90. The fourth-order valence-electron chi connectivity index (χ4n) is 4.19. The second kappa shape index (κ2) is 7.14. The normalized spacial score (nSPS) is 30.3. The molecule has 4 rings (SSSR count). The Hall–Kier alpha value is -0.910. The quantitative estimate of drug-likeness (QED) is 0.859. The monoisotopic (exact) mass is 348 g/mol. The van der Waals surface area contributed by atoms with E-state index >= 15 is 0 Å². The molecule has 1 aromatic rings. The van der Waals surface area contributed by atoms with Gasteiger partial charge in [-0.3, -0.25) is 9.69 Å². The summed E-state index contributed by atoms with van der Waals surface area (Å²) in [4.78, 5) is 16.3. The maximum Gasteiger partial charge on any atom is 0.220 e. The molecule has 24 heavy (non-hydrogen) atoms. The highest BCUT2D eigenvalue weighted by Gasteiger charge is 2.41.